The Kier molecular flexibility index (Phi) is 43.4. The third-order valence-electron chi connectivity index (χ3n) is 9.97. The van der Waals surface area contributed by atoms with Crippen LogP contribution in [0.4, 0.5) is 5.69 Å². The van der Waals surface area contributed by atoms with Crippen molar-refractivity contribution in [3.05, 3.63) is 152 Å². The lowest BCUT2D eigenvalue weighted by atomic mass is 10.0. The van der Waals surface area contributed by atoms with Crippen molar-refractivity contribution in [1.29, 1.82) is 0 Å². The van der Waals surface area contributed by atoms with Gasteiger partial charge in [-0.2, -0.15) is 0 Å². The lowest BCUT2D eigenvalue weighted by molar-refractivity contribution is -0.125. The molecule has 12 nitrogen and oxygen atoms in total. The van der Waals surface area contributed by atoms with Crippen LogP contribution < -0.4 is 38.1 Å². The minimum atomic E-state index is -0.612. The standard InChI is InChI=1S/C15H27N3O.C9H17N3O2.C9H10O.C8H10N2.C8H14.C6H12.C2H6/c1-5-8-12(3)17-15(19)14-9-7-10-18(14)13(4)11-16-6-2;1-6(11-5-9(10)14)4-12-7(2)8(3)13;1-7-5-3-4-6-9(7)8(2)10;1-7(9)10-8-5-3-2-4-6-8;1-4-5-6-7-8(2)3;1-2-4-6-5-3-1;1-2/h6,12,14,16H,2,4-5,7-11H2,1,3H3,(H,17,19);8,11-13H,1-2,4-5H2,3H3,(H2,10,14);3-6H,1-2H3;2-6,10H,1,9H2;4-8H,1-3H3;1-6H2;1-2H3/b;;;;5-4-,7-6-;;. The number of carbonyl (C=O) groups is 3. The number of ketones is 1. The number of nitrogens with one attached hydrogen (secondary N) is 5. The normalized spacial score (nSPS) is 14.1. The average Bonchev–Trinajstić information content (AvgIpc) is 3.83. The van der Waals surface area contributed by atoms with E-state index in [-0.39, 0.29) is 30.3 Å². The molecule has 0 spiro atoms. The van der Waals surface area contributed by atoms with Crippen LogP contribution in [-0.4, -0.2) is 72.0 Å². The Balaban J connectivity index is -0.000000779. The highest BCUT2D eigenvalue weighted by Crippen LogP contribution is 2.22. The van der Waals surface area contributed by atoms with Gasteiger partial charge >= 0.3 is 0 Å². The second kappa shape index (κ2) is 44.5. The molecule has 0 radical (unpaired) electrons. The second-order valence-electron chi connectivity index (χ2n) is 16.8. The van der Waals surface area contributed by atoms with Gasteiger partial charge in [0.1, 0.15) is 6.04 Å². The molecule has 0 aromatic heterocycles. The molecule has 2 aromatic carbocycles. The number of aliphatic hydroxyl groups excluding tert-OH is 1. The number of carbonyl (C=O) groups excluding carboxylic acids is 3. The number of aliphatic hydroxyl groups is 1. The largest absolute Gasteiger partial charge is 0.387 e. The molecule has 4 rings (SSSR count). The van der Waals surface area contributed by atoms with Gasteiger partial charge in [0.25, 0.3) is 0 Å². The molecule has 1 saturated carbocycles. The quantitative estimate of drug-likeness (QED) is 0.0469. The molecule has 12 heteroatoms. The van der Waals surface area contributed by atoms with Crippen molar-refractivity contribution >= 4 is 23.3 Å². The number of rotatable bonds is 20. The van der Waals surface area contributed by atoms with E-state index in [1.54, 1.807) is 20.0 Å². The van der Waals surface area contributed by atoms with Gasteiger partial charge in [-0.25, -0.2) is 0 Å². The summed E-state index contributed by atoms with van der Waals surface area (Å²) in [5.74, 6) is 0.967. The summed E-state index contributed by atoms with van der Waals surface area (Å²) < 4.78 is 0. The molecule has 2 amide bonds. The summed E-state index contributed by atoms with van der Waals surface area (Å²) >= 11 is 0. The summed E-state index contributed by atoms with van der Waals surface area (Å²) in [6.07, 6.45) is 22.4. The first-order valence-electron chi connectivity index (χ1n) is 24.8. The third-order valence-corrected chi connectivity index (χ3v) is 9.97. The number of primary amides is 1. The predicted octanol–water partition coefficient (Wildman–Crippen LogP) is 10.9. The number of allylic oxidation sites excluding steroid dienone is 4. The van der Waals surface area contributed by atoms with E-state index >= 15 is 0 Å². The number of hydrogen-bond donors (Lipinski definition) is 8. The SMILES string of the molecule is C/C=C\C=C/C(C)C.C1CCCCC1.C=C(CNC(=C)C(C)O)NCC(N)=O.C=C(N)Nc1ccccc1.C=CNCC(=C)N1CCCC1C(=O)NC(C)CCC.CC.CC(=O)c1ccccc1C. The maximum atomic E-state index is 12.3. The molecule has 1 heterocycles. The van der Waals surface area contributed by atoms with E-state index in [1.807, 2.05) is 94.4 Å². The number of para-hydroxylation sites is 1. The maximum Gasteiger partial charge on any atom is 0.242 e. The van der Waals surface area contributed by atoms with Gasteiger partial charge in [0.2, 0.25) is 11.8 Å². The predicted molar refractivity (Wildman–Crippen MR) is 297 cm³/mol. The lowest BCUT2D eigenvalue weighted by Gasteiger charge is -2.28. The van der Waals surface area contributed by atoms with Crippen LogP contribution in [0, 0.1) is 12.8 Å². The molecule has 1 aliphatic heterocycles. The lowest BCUT2D eigenvalue weighted by Crippen LogP contribution is -2.46. The van der Waals surface area contributed by atoms with E-state index in [0.29, 0.717) is 36.2 Å². The molecule has 3 atom stereocenters. The summed E-state index contributed by atoms with van der Waals surface area (Å²) in [6.45, 7) is 40.2. The summed E-state index contributed by atoms with van der Waals surface area (Å²) in [4.78, 5) is 35.7. The van der Waals surface area contributed by atoms with E-state index in [2.05, 4.69) is 104 Å². The average molecular weight is 957 g/mol. The van der Waals surface area contributed by atoms with E-state index in [0.717, 1.165) is 54.7 Å². The second-order valence-corrected chi connectivity index (χ2v) is 16.8. The van der Waals surface area contributed by atoms with Crippen LogP contribution in [0.3, 0.4) is 0 Å². The Bertz CT molecular complexity index is 1770. The van der Waals surface area contributed by atoms with Crippen molar-refractivity contribution in [3.8, 4) is 0 Å². The Morgan fingerprint density at radius 2 is 1.39 bits per heavy atom. The molecule has 388 valence electrons. The summed E-state index contributed by atoms with van der Waals surface area (Å²) in [5.41, 5.74) is 15.2. The van der Waals surface area contributed by atoms with Gasteiger partial charge in [-0.3, -0.25) is 14.4 Å². The fraction of sp³-hybridized carbons (Fsp3) is 0.491. The van der Waals surface area contributed by atoms with Crippen LogP contribution in [0.2, 0.25) is 0 Å². The van der Waals surface area contributed by atoms with Crippen LogP contribution in [-0.2, 0) is 9.59 Å². The first-order chi connectivity index (χ1) is 32.8. The molecular formula is C57H96N8O4. The monoisotopic (exact) mass is 957 g/mol. The van der Waals surface area contributed by atoms with Gasteiger partial charge in [0, 0.05) is 40.9 Å². The van der Waals surface area contributed by atoms with E-state index < -0.39 is 12.0 Å². The summed E-state index contributed by atoms with van der Waals surface area (Å²) in [6, 6.07) is 17.5. The highest BCUT2D eigenvalue weighted by Gasteiger charge is 2.31. The number of hydrogen-bond acceptors (Lipinski definition) is 10. The van der Waals surface area contributed by atoms with E-state index in [1.165, 1.54) is 38.5 Å². The van der Waals surface area contributed by atoms with Gasteiger partial charge < -0.3 is 48.1 Å². The van der Waals surface area contributed by atoms with Crippen LogP contribution in [0.25, 0.3) is 0 Å². The summed E-state index contributed by atoms with van der Waals surface area (Å²) in [7, 11) is 0. The zero-order valence-corrected chi connectivity index (χ0v) is 44.6. The minimum Gasteiger partial charge on any atom is -0.387 e. The fourth-order valence-electron chi connectivity index (χ4n) is 6.33. The number of nitrogens with two attached hydrogens (primary N) is 2. The Hall–Kier alpha value is -6.01. The van der Waals surface area contributed by atoms with Crippen molar-refractivity contribution in [2.24, 2.45) is 17.4 Å². The molecule has 2 fully saturated rings. The van der Waals surface area contributed by atoms with Crippen molar-refractivity contribution < 1.29 is 19.5 Å². The number of likely N-dealkylation sites (tertiary alicyclic amines) is 1. The van der Waals surface area contributed by atoms with E-state index in [9.17, 15) is 14.4 Å². The van der Waals surface area contributed by atoms with Gasteiger partial charge in [0.05, 0.1) is 31.6 Å². The topological polar surface area (TPSA) is 187 Å². The molecule has 2 aromatic rings. The van der Waals surface area contributed by atoms with Gasteiger partial charge in [-0.1, -0.05) is 179 Å². The van der Waals surface area contributed by atoms with E-state index in [4.69, 9.17) is 16.6 Å². The highest BCUT2D eigenvalue weighted by atomic mass is 16.3. The molecule has 10 N–H and O–H groups in total. The molecular weight excluding hydrogens is 861 g/mol. The number of Topliss-reactive ketones (excluding diaryl/α,β-unsaturated/α-hetero) is 1. The number of benzene rings is 2. The zero-order valence-electron chi connectivity index (χ0n) is 44.6. The van der Waals surface area contributed by atoms with Crippen molar-refractivity contribution in [2.75, 3.05) is 31.5 Å². The molecule has 1 saturated heterocycles. The summed E-state index contributed by atoms with van der Waals surface area (Å²) in [5, 5.41) is 23.7. The van der Waals surface area contributed by atoms with Gasteiger partial charge in [-0.05, 0) is 83.7 Å². The molecule has 69 heavy (non-hydrogen) atoms. The van der Waals surface area contributed by atoms with Gasteiger partial charge in [0.15, 0.2) is 5.78 Å². The Morgan fingerprint density at radius 3 is 1.84 bits per heavy atom. The first-order valence-corrected chi connectivity index (χ1v) is 24.8. The number of amides is 2. The first kappa shape index (κ1) is 67.3. The molecule has 0 bridgehead atoms. The smallest absolute Gasteiger partial charge is 0.242 e. The fourth-order valence-corrected chi connectivity index (χ4v) is 6.33. The molecule has 1 aliphatic carbocycles. The van der Waals surface area contributed by atoms with Crippen molar-refractivity contribution in [1.82, 2.24) is 26.2 Å². The van der Waals surface area contributed by atoms with Crippen LogP contribution in [0.15, 0.2) is 141 Å². The third kappa shape index (κ3) is 39.7. The van der Waals surface area contributed by atoms with Crippen LogP contribution >= 0.6 is 0 Å². The van der Waals surface area contributed by atoms with Crippen LogP contribution in [0.5, 0.6) is 0 Å². The number of nitrogens with zero attached hydrogens (tertiary/aromatic N) is 1. The van der Waals surface area contributed by atoms with Crippen molar-refractivity contribution in [3.63, 3.8) is 0 Å². The molecule has 2 aliphatic rings. The molecule has 3 unspecified atom stereocenters. The Morgan fingerprint density at radius 1 is 0.826 bits per heavy atom. The number of aryl methyl sites for hydroxylation is 1. The van der Waals surface area contributed by atoms with Crippen molar-refractivity contribution in [2.45, 2.75) is 152 Å². The zero-order chi connectivity index (χ0) is 53.0. The number of anilines is 1. The minimum absolute atomic E-state index is 0.0570. The van der Waals surface area contributed by atoms with Crippen LogP contribution in [0.1, 0.15) is 142 Å². The maximum absolute atomic E-state index is 12.3. The Labute approximate surface area is 420 Å². The highest BCUT2D eigenvalue weighted by molar-refractivity contribution is 5.95. The van der Waals surface area contributed by atoms with Gasteiger partial charge in [-0.15, -0.1) is 0 Å².